The minimum absolute atomic E-state index is 0.0807. The average Bonchev–Trinajstić information content (AvgIpc) is 3.30. The molecule has 0 aliphatic carbocycles. The van der Waals surface area contributed by atoms with Gasteiger partial charge in [-0.25, -0.2) is 0 Å². The Labute approximate surface area is 399 Å². The number of carbonyl (C=O) groups excluding carboxylic acids is 2. The molecule has 1 unspecified atom stereocenters. The lowest BCUT2D eigenvalue weighted by atomic mass is 10.1. The van der Waals surface area contributed by atoms with E-state index in [1.165, 1.54) is 199 Å². The van der Waals surface area contributed by atoms with E-state index in [1.54, 1.807) is 0 Å². The summed E-state index contributed by atoms with van der Waals surface area (Å²) >= 11 is 0. The maximum atomic E-state index is 12.8. The van der Waals surface area contributed by atoms with Crippen LogP contribution >= 0.6 is 0 Å². The van der Waals surface area contributed by atoms with Crippen LogP contribution in [0.2, 0.25) is 0 Å². The fourth-order valence-electron chi connectivity index (χ4n) is 8.05. The minimum atomic E-state index is -0.542. The molecule has 1 atom stereocenters. The van der Waals surface area contributed by atoms with Crippen LogP contribution in [-0.4, -0.2) is 37.9 Å². The second-order valence-electron chi connectivity index (χ2n) is 18.8. The highest BCUT2D eigenvalue weighted by molar-refractivity contribution is 5.70. The highest BCUT2D eigenvalue weighted by Crippen LogP contribution is 2.15. The van der Waals surface area contributed by atoms with E-state index in [4.69, 9.17) is 14.2 Å². The van der Waals surface area contributed by atoms with Gasteiger partial charge in [-0.3, -0.25) is 9.59 Å². The molecule has 0 aliphatic rings. The van der Waals surface area contributed by atoms with Crippen molar-refractivity contribution >= 4 is 11.9 Å². The van der Waals surface area contributed by atoms with E-state index in [9.17, 15) is 9.59 Å². The highest BCUT2D eigenvalue weighted by Gasteiger charge is 2.17. The third kappa shape index (κ3) is 52.5. The summed E-state index contributed by atoms with van der Waals surface area (Å²) in [6.45, 7) is 7.78. The standard InChI is InChI=1S/C59H108O5/c1-4-7-10-13-16-19-22-24-26-28-29-30-32-34-36-39-42-45-48-51-54-62-55-57(64-59(61)53-50-47-44-41-37-21-18-15-12-9-6-3)56-63-58(60)52-49-46-43-40-38-35-33-31-27-25-23-20-17-14-11-8-5-2/h15-16,18-19,24-27,57H,4-14,17,20-23,28-56H2,1-3H3/b18-15-,19-16-,26-24-,27-25-. The van der Waals surface area contributed by atoms with E-state index in [2.05, 4.69) is 69.4 Å². The largest absolute Gasteiger partial charge is 0.462 e. The Bertz CT molecular complexity index is 1060. The third-order valence-electron chi connectivity index (χ3n) is 12.3. The fraction of sp³-hybridized carbons (Fsp3) is 0.831. The Morgan fingerprint density at radius 3 is 1.12 bits per heavy atom. The number of esters is 2. The Balaban J connectivity index is 4.20. The molecule has 0 radical (unpaired) electrons. The Morgan fingerprint density at radius 2 is 0.672 bits per heavy atom. The smallest absolute Gasteiger partial charge is 0.306 e. The molecule has 0 rings (SSSR count). The van der Waals surface area contributed by atoms with Gasteiger partial charge in [0.2, 0.25) is 0 Å². The van der Waals surface area contributed by atoms with Crippen LogP contribution in [0.25, 0.3) is 0 Å². The number of carbonyl (C=O) groups is 2. The lowest BCUT2D eigenvalue weighted by Crippen LogP contribution is -2.30. The van der Waals surface area contributed by atoms with E-state index in [0.717, 1.165) is 57.8 Å². The zero-order valence-electron chi connectivity index (χ0n) is 43.1. The van der Waals surface area contributed by atoms with Crippen LogP contribution in [0.4, 0.5) is 0 Å². The summed E-state index contributed by atoms with van der Waals surface area (Å²) < 4.78 is 17.4. The van der Waals surface area contributed by atoms with Crippen LogP contribution in [0.1, 0.15) is 290 Å². The third-order valence-corrected chi connectivity index (χ3v) is 12.3. The normalized spacial score (nSPS) is 12.5. The van der Waals surface area contributed by atoms with Crippen LogP contribution in [0.5, 0.6) is 0 Å². The number of allylic oxidation sites excluding steroid dienone is 8. The summed E-state index contributed by atoms with van der Waals surface area (Å²) in [6.07, 6.45) is 68.4. The van der Waals surface area contributed by atoms with Crippen LogP contribution in [-0.2, 0) is 23.8 Å². The molecule has 5 heteroatoms. The van der Waals surface area contributed by atoms with Crippen molar-refractivity contribution in [1.29, 1.82) is 0 Å². The van der Waals surface area contributed by atoms with Crippen molar-refractivity contribution in [1.82, 2.24) is 0 Å². The molecular weight excluding hydrogens is 789 g/mol. The molecule has 0 aromatic rings. The average molecular weight is 898 g/mol. The zero-order chi connectivity index (χ0) is 46.3. The van der Waals surface area contributed by atoms with Gasteiger partial charge in [0.15, 0.2) is 6.10 Å². The maximum Gasteiger partial charge on any atom is 0.306 e. The topological polar surface area (TPSA) is 61.8 Å². The van der Waals surface area contributed by atoms with Gasteiger partial charge in [-0.1, -0.05) is 230 Å². The summed E-state index contributed by atoms with van der Waals surface area (Å²) in [6, 6.07) is 0. The maximum absolute atomic E-state index is 12.8. The molecule has 0 aromatic heterocycles. The summed E-state index contributed by atoms with van der Waals surface area (Å²) in [5, 5.41) is 0. The minimum Gasteiger partial charge on any atom is -0.462 e. The molecular formula is C59H108O5. The fourth-order valence-corrected chi connectivity index (χ4v) is 8.05. The van der Waals surface area contributed by atoms with Gasteiger partial charge >= 0.3 is 11.9 Å². The van der Waals surface area contributed by atoms with E-state index in [-0.39, 0.29) is 25.2 Å². The molecule has 0 N–H and O–H groups in total. The second kappa shape index (κ2) is 55.2. The first-order chi connectivity index (χ1) is 31.6. The molecule has 0 saturated carbocycles. The lowest BCUT2D eigenvalue weighted by Gasteiger charge is -2.18. The van der Waals surface area contributed by atoms with Crippen molar-refractivity contribution in [3.8, 4) is 0 Å². The summed E-state index contributed by atoms with van der Waals surface area (Å²) in [7, 11) is 0. The van der Waals surface area contributed by atoms with E-state index in [0.29, 0.717) is 19.4 Å². The lowest BCUT2D eigenvalue weighted by molar-refractivity contribution is -0.163. The SMILES string of the molecule is CCCC/C=C\CCCCCCCC(=O)OC(COCCCCCCCCCCCC/C=C\C/C=C\CCCCC)COC(=O)CCCCCCCCC/C=C\CCCCCCCC. The molecule has 0 fully saturated rings. The van der Waals surface area contributed by atoms with Gasteiger partial charge in [0, 0.05) is 19.4 Å². The van der Waals surface area contributed by atoms with Crippen LogP contribution in [0, 0.1) is 0 Å². The van der Waals surface area contributed by atoms with Gasteiger partial charge in [0.1, 0.15) is 6.61 Å². The van der Waals surface area contributed by atoms with Crippen molar-refractivity contribution in [3.63, 3.8) is 0 Å². The number of hydrogen-bond donors (Lipinski definition) is 0. The molecule has 64 heavy (non-hydrogen) atoms. The molecule has 5 nitrogen and oxygen atoms in total. The summed E-state index contributed by atoms with van der Waals surface area (Å²) in [5.41, 5.74) is 0. The van der Waals surface area contributed by atoms with E-state index in [1.807, 2.05) is 0 Å². The number of ether oxygens (including phenoxy) is 3. The summed E-state index contributed by atoms with van der Waals surface area (Å²) in [5.74, 6) is -0.404. The van der Waals surface area contributed by atoms with Crippen molar-refractivity contribution in [2.24, 2.45) is 0 Å². The van der Waals surface area contributed by atoms with Crippen LogP contribution in [0.15, 0.2) is 48.6 Å². The molecule has 0 bridgehead atoms. The van der Waals surface area contributed by atoms with Crippen LogP contribution in [0.3, 0.4) is 0 Å². The first-order valence-corrected chi connectivity index (χ1v) is 28.2. The van der Waals surface area contributed by atoms with Gasteiger partial charge < -0.3 is 14.2 Å². The predicted octanol–water partition coefficient (Wildman–Crippen LogP) is 19.1. The Hall–Kier alpha value is -2.14. The predicted molar refractivity (Wildman–Crippen MR) is 279 cm³/mol. The van der Waals surface area contributed by atoms with Gasteiger partial charge in [0.05, 0.1) is 6.61 Å². The zero-order valence-corrected chi connectivity index (χ0v) is 43.1. The highest BCUT2D eigenvalue weighted by atomic mass is 16.6. The van der Waals surface area contributed by atoms with Gasteiger partial charge in [-0.2, -0.15) is 0 Å². The number of hydrogen-bond acceptors (Lipinski definition) is 5. The van der Waals surface area contributed by atoms with Gasteiger partial charge in [-0.15, -0.1) is 0 Å². The van der Waals surface area contributed by atoms with E-state index < -0.39 is 6.10 Å². The molecule has 0 saturated heterocycles. The monoisotopic (exact) mass is 897 g/mol. The molecule has 0 aromatic carbocycles. The Kier molecular flexibility index (Phi) is 53.3. The molecule has 0 amide bonds. The second-order valence-corrected chi connectivity index (χ2v) is 18.8. The van der Waals surface area contributed by atoms with Crippen molar-refractivity contribution < 1.29 is 23.8 Å². The van der Waals surface area contributed by atoms with Crippen LogP contribution < -0.4 is 0 Å². The van der Waals surface area contributed by atoms with Gasteiger partial charge in [-0.05, 0) is 96.3 Å². The summed E-state index contributed by atoms with van der Waals surface area (Å²) in [4.78, 5) is 25.4. The van der Waals surface area contributed by atoms with Crippen molar-refractivity contribution in [3.05, 3.63) is 48.6 Å². The molecule has 374 valence electrons. The first kappa shape index (κ1) is 61.9. The molecule has 0 aliphatic heterocycles. The number of rotatable bonds is 52. The number of unbranched alkanes of at least 4 members (excludes halogenated alkanes) is 33. The molecule has 0 spiro atoms. The van der Waals surface area contributed by atoms with Crippen molar-refractivity contribution in [2.45, 2.75) is 297 Å². The van der Waals surface area contributed by atoms with Gasteiger partial charge in [0.25, 0.3) is 0 Å². The quantitative estimate of drug-likeness (QED) is 0.0346. The van der Waals surface area contributed by atoms with Crippen molar-refractivity contribution in [2.75, 3.05) is 19.8 Å². The first-order valence-electron chi connectivity index (χ1n) is 28.2. The van der Waals surface area contributed by atoms with E-state index >= 15 is 0 Å². The Morgan fingerprint density at radius 1 is 0.344 bits per heavy atom. The molecule has 0 heterocycles.